The molecule has 0 aliphatic heterocycles. The smallest absolute Gasteiger partial charge is 0.132 e. The number of hydrogen-bond acceptors (Lipinski definition) is 2. The average Bonchev–Trinajstić information content (AvgIpc) is 2.75. The number of phenolic OH excluding ortho intramolecular Hbond substituents is 2. The predicted molar refractivity (Wildman–Crippen MR) is 125 cm³/mol. The van der Waals surface area contributed by atoms with Gasteiger partial charge in [0.05, 0.1) is 0 Å². The van der Waals surface area contributed by atoms with Crippen LogP contribution in [0, 0.1) is 13.8 Å². The van der Waals surface area contributed by atoms with Crippen molar-refractivity contribution in [3.05, 3.63) is 96.1 Å². The second-order valence-corrected chi connectivity index (χ2v) is 7.82. The van der Waals surface area contributed by atoms with Gasteiger partial charge in [-0.25, -0.2) is 0 Å². The van der Waals surface area contributed by atoms with Crippen LogP contribution in [-0.2, 0) is 0 Å². The molecule has 2 heteroatoms. The van der Waals surface area contributed by atoms with Gasteiger partial charge in [0, 0.05) is 16.7 Å². The molecule has 0 amide bonds. The van der Waals surface area contributed by atoms with E-state index in [-0.39, 0.29) is 11.5 Å². The molecule has 146 valence electrons. The van der Waals surface area contributed by atoms with Crippen molar-refractivity contribution >= 4 is 21.5 Å². The van der Waals surface area contributed by atoms with Crippen molar-refractivity contribution in [3.63, 3.8) is 0 Å². The van der Waals surface area contributed by atoms with Crippen LogP contribution in [0.1, 0.15) is 11.1 Å². The van der Waals surface area contributed by atoms with Crippen LogP contribution in [0.15, 0.2) is 84.9 Å². The SMILES string of the molecule is Cc1cccc(C)c1-c1cc2ccccc2c(-c2c(O)ccc3ccccc23)c1O. The molecular formula is C28H22O2. The van der Waals surface area contributed by atoms with Crippen LogP contribution in [0.25, 0.3) is 43.8 Å². The van der Waals surface area contributed by atoms with Crippen LogP contribution in [0.4, 0.5) is 0 Å². The summed E-state index contributed by atoms with van der Waals surface area (Å²) >= 11 is 0. The highest BCUT2D eigenvalue weighted by Gasteiger charge is 2.21. The first-order valence-electron chi connectivity index (χ1n) is 10.1. The summed E-state index contributed by atoms with van der Waals surface area (Å²) in [7, 11) is 0. The third-order valence-corrected chi connectivity index (χ3v) is 5.93. The fourth-order valence-corrected chi connectivity index (χ4v) is 4.54. The number of benzene rings is 5. The minimum Gasteiger partial charge on any atom is -0.507 e. The summed E-state index contributed by atoms with van der Waals surface area (Å²) in [5, 5.41) is 26.4. The first-order chi connectivity index (χ1) is 14.6. The van der Waals surface area contributed by atoms with Crippen LogP contribution in [0.3, 0.4) is 0 Å². The van der Waals surface area contributed by atoms with Gasteiger partial charge in [0.25, 0.3) is 0 Å². The molecule has 0 unspecified atom stereocenters. The lowest BCUT2D eigenvalue weighted by Gasteiger charge is -2.19. The Morgan fingerprint density at radius 2 is 1.13 bits per heavy atom. The van der Waals surface area contributed by atoms with Crippen molar-refractivity contribution in [1.82, 2.24) is 0 Å². The molecule has 0 heterocycles. The average molecular weight is 390 g/mol. The Morgan fingerprint density at radius 3 is 1.83 bits per heavy atom. The topological polar surface area (TPSA) is 40.5 Å². The lowest BCUT2D eigenvalue weighted by Crippen LogP contribution is -1.93. The van der Waals surface area contributed by atoms with Gasteiger partial charge in [-0.3, -0.25) is 0 Å². The summed E-state index contributed by atoms with van der Waals surface area (Å²) in [4.78, 5) is 0. The second kappa shape index (κ2) is 6.93. The van der Waals surface area contributed by atoms with Gasteiger partial charge in [-0.1, -0.05) is 72.8 Å². The number of rotatable bonds is 2. The zero-order valence-corrected chi connectivity index (χ0v) is 17.0. The normalized spacial score (nSPS) is 11.3. The van der Waals surface area contributed by atoms with E-state index < -0.39 is 0 Å². The summed E-state index contributed by atoms with van der Waals surface area (Å²) in [5.74, 6) is 0.352. The van der Waals surface area contributed by atoms with E-state index in [4.69, 9.17) is 0 Å². The monoisotopic (exact) mass is 390 g/mol. The van der Waals surface area contributed by atoms with E-state index in [0.29, 0.717) is 11.1 Å². The van der Waals surface area contributed by atoms with Crippen LogP contribution in [-0.4, -0.2) is 10.2 Å². The Bertz CT molecular complexity index is 1410. The van der Waals surface area contributed by atoms with E-state index in [1.165, 1.54) is 0 Å². The Balaban J connectivity index is 1.98. The van der Waals surface area contributed by atoms with Crippen molar-refractivity contribution in [2.75, 3.05) is 0 Å². The van der Waals surface area contributed by atoms with Gasteiger partial charge in [-0.15, -0.1) is 0 Å². The maximum atomic E-state index is 11.6. The second-order valence-electron chi connectivity index (χ2n) is 7.82. The van der Waals surface area contributed by atoms with Gasteiger partial charge in [-0.05, 0) is 64.2 Å². The van der Waals surface area contributed by atoms with E-state index in [1.807, 2.05) is 60.7 Å². The van der Waals surface area contributed by atoms with E-state index in [2.05, 4.69) is 32.0 Å². The van der Waals surface area contributed by atoms with Crippen molar-refractivity contribution in [2.45, 2.75) is 13.8 Å². The molecular weight excluding hydrogens is 368 g/mol. The lowest BCUT2D eigenvalue weighted by molar-refractivity contribution is 0.471. The molecule has 0 bridgehead atoms. The number of hydrogen-bond donors (Lipinski definition) is 2. The minimum absolute atomic E-state index is 0.160. The number of aromatic hydroxyl groups is 2. The predicted octanol–water partition coefficient (Wildman–Crippen LogP) is 7.36. The van der Waals surface area contributed by atoms with Gasteiger partial charge in [0.1, 0.15) is 11.5 Å². The molecule has 0 saturated heterocycles. The molecule has 5 rings (SSSR count). The maximum absolute atomic E-state index is 11.6. The van der Waals surface area contributed by atoms with E-state index >= 15 is 0 Å². The highest BCUT2D eigenvalue weighted by molar-refractivity contribution is 6.12. The zero-order valence-electron chi connectivity index (χ0n) is 17.0. The Kier molecular flexibility index (Phi) is 4.22. The molecule has 0 aromatic heterocycles. The van der Waals surface area contributed by atoms with E-state index in [9.17, 15) is 10.2 Å². The van der Waals surface area contributed by atoms with Crippen LogP contribution < -0.4 is 0 Å². The summed E-state index contributed by atoms with van der Waals surface area (Å²) in [6.45, 7) is 4.12. The molecule has 0 aliphatic rings. The molecule has 0 atom stereocenters. The van der Waals surface area contributed by atoms with Gasteiger partial charge < -0.3 is 10.2 Å². The maximum Gasteiger partial charge on any atom is 0.132 e. The largest absolute Gasteiger partial charge is 0.507 e. The quantitative estimate of drug-likeness (QED) is 0.331. The summed E-state index contributed by atoms with van der Waals surface area (Å²) in [6, 6.07) is 27.8. The fourth-order valence-electron chi connectivity index (χ4n) is 4.54. The Hall–Kier alpha value is -3.78. The van der Waals surface area contributed by atoms with Crippen molar-refractivity contribution in [1.29, 1.82) is 0 Å². The third-order valence-electron chi connectivity index (χ3n) is 5.93. The number of aryl methyl sites for hydroxylation is 2. The summed E-state index contributed by atoms with van der Waals surface area (Å²) in [5.41, 5.74) is 5.35. The number of phenols is 2. The highest BCUT2D eigenvalue weighted by Crippen LogP contribution is 2.49. The fraction of sp³-hybridized carbons (Fsp3) is 0.0714. The van der Waals surface area contributed by atoms with Gasteiger partial charge in [-0.2, -0.15) is 0 Å². The Morgan fingerprint density at radius 1 is 0.533 bits per heavy atom. The van der Waals surface area contributed by atoms with Gasteiger partial charge in [0.2, 0.25) is 0 Å². The highest BCUT2D eigenvalue weighted by atomic mass is 16.3. The molecule has 30 heavy (non-hydrogen) atoms. The van der Waals surface area contributed by atoms with E-state index in [1.54, 1.807) is 6.07 Å². The molecule has 2 N–H and O–H groups in total. The molecule has 0 spiro atoms. The van der Waals surface area contributed by atoms with Gasteiger partial charge >= 0.3 is 0 Å². The molecule has 0 radical (unpaired) electrons. The summed E-state index contributed by atoms with van der Waals surface area (Å²) in [6.07, 6.45) is 0. The van der Waals surface area contributed by atoms with Crippen molar-refractivity contribution < 1.29 is 10.2 Å². The molecule has 5 aromatic carbocycles. The van der Waals surface area contributed by atoms with Crippen molar-refractivity contribution in [3.8, 4) is 33.8 Å². The van der Waals surface area contributed by atoms with E-state index in [0.717, 1.165) is 43.8 Å². The first-order valence-corrected chi connectivity index (χ1v) is 10.1. The molecule has 0 saturated carbocycles. The standard InChI is InChI=1S/C28H22O2/c1-17-8-7-9-18(2)25(17)23-16-20-11-4-6-13-22(20)27(28(23)30)26-21-12-5-3-10-19(21)14-15-24(26)29/h3-16,29-30H,1-2H3. The van der Waals surface area contributed by atoms with Crippen molar-refractivity contribution in [2.24, 2.45) is 0 Å². The molecule has 5 aromatic rings. The first kappa shape index (κ1) is 18.3. The zero-order chi connectivity index (χ0) is 20.8. The van der Waals surface area contributed by atoms with Crippen LogP contribution in [0.2, 0.25) is 0 Å². The Labute approximate surface area is 175 Å². The lowest BCUT2D eigenvalue weighted by atomic mass is 9.86. The summed E-state index contributed by atoms with van der Waals surface area (Å²) < 4.78 is 0. The van der Waals surface area contributed by atoms with Crippen LogP contribution >= 0.6 is 0 Å². The molecule has 2 nitrogen and oxygen atoms in total. The minimum atomic E-state index is 0.160. The molecule has 0 aliphatic carbocycles. The number of fused-ring (bicyclic) bond motifs is 2. The molecule has 0 fully saturated rings. The van der Waals surface area contributed by atoms with Gasteiger partial charge in [0.15, 0.2) is 0 Å². The van der Waals surface area contributed by atoms with Crippen LogP contribution in [0.5, 0.6) is 11.5 Å². The third kappa shape index (κ3) is 2.73.